The summed E-state index contributed by atoms with van der Waals surface area (Å²) in [6.07, 6.45) is 2.75. The molecule has 0 saturated heterocycles. The van der Waals surface area contributed by atoms with Crippen molar-refractivity contribution in [1.82, 2.24) is 9.55 Å². The van der Waals surface area contributed by atoms with Crippen LogP contribution < -0.4 is 15.0 Å². The first kappa shape index (κ1) is 24.5. The van der Waals surface area contributed by atoms with Gasteiger partial charge in [0.15, 0.2) is 0 Å². The average Bonchev–Trinajstić information content (AvgIpc) is 2.87. The van der Waals surface area contributed by atoms with Crippen molar-refractivity contribution >= 4 is 10.9 Å². The maximum atomic E-state index is 13.4. The first-order valence-corrected chi connectivity index (χ1v) is 12.2. The molecule has 0 N–H and O–H groups in total. The number of benzene rings is 3. The predicted octanol–water partition coefficient (Wildman–Crippen LogP) is 6.62. The van der Waals surface area contributed by atoms with E-state index in [4.69, 9.17) is 14.5 Å². The van der Waals surface area contributed by atoms with E-state index in [2.05, 4.69) is 32.9 Å². The van der Waals surface area contributed by atoms with Gasteiger partial charge in [-0.15, -0.1) is 0 Å². The molecule has 5 nitrogen and oxygen atoms in total. The largest absolute Gasteiger partial charge is 0.497 e. The van der Waals surface area contributed by atoms with E-state index in [0.29, 0.717) is 29.9 Å². The van der Waals surface area contributed by atoms with E-state index in [1.807, 2.05) is 60.7 Å². The summed E-state index contributed by atoms with van der Waals surface area (Å²) in [5, 5.41) is 0.645. The van der Waals surface area contributed by atoms with Crippen LogP contribution in [0.5, 0.6) is 11.5 Å². The second kappa shape index (κ2) is 10.8. The summed E-state index contributed by atoms with van der Waals surface area (Å²) in [7, 11) is 1.64. The molecule has 1 heterocycles. The number of methoxy groups -OCH3 is 1. The molecule has 0 bridgehead atoms. The third-order valence-corrected chi connectivity index (χ3v) is 6.19. The van der Waals surface area contributed by atoms with E-state index in [-0.39, 0.29) is 11.0 Å². The molecule has 0 amide bonds. The van der Waals surface area contributed by atoms with Gasteiger partial charge in [0.1, 0.15) is 17.3 Å². The van der Waals surface area contributed by atoms with E-state index in [1.54, 1.807) is 11.7 Å². The molecule has 4 rings (SSSR count). The number of para-hydroxylation sites is 2. The van der Waals surface area contributed by atoms with Crippen LogP contribution in [0.3, 0.4) is 0 Å². The molecule has 1 aromatic heterocycles. The lowest BCUT2D eigenvalue weighted by Crippen LogP contribution is -2.23. The SMILES string of the molecule is COc1ccc(-c2nc3ccccc3c(=O)n2CCCCCOc2ccccc2C(C)(C)C)cc1. The molecule has 0 aliphatic carbocycles. The fourth-order valence-electron chi connectivity index (χ4n) is 4.28. The maximum Gasteiger partial charge on any atom is 0.261 e. The molecule has 0 fully saturated rings. The Morgan fingerprint density at radius 2 is 1.57 bits per heavy atom. The number of fused-ring (bicyclic) bond motifs is 1. The lowest BCUT2D eigenvalue weighted by Gasteiger charge is -2.22. The highest BCUT2D eigenvalue weighted by Gasteiger charge is 2.18. The second-order valence-corrected chi connectivity index (χ2v) is 9.79. The Labute approximate surface area is 207 Å². The third-order valence-electron chi connectivity index (χ3n) is 6.19. The number of ether oxygens (including phenoxy) is 2. The first-order valence-electron chi connectivity index (χ1n) is 12.2. The molecule has 0 saturated carbocycles. The van der Waals surface area contributed by atoms with E-state index in [1.165, 1.54) is 5.56 Å². The minimum atomic E-state index is -0.00299. The van der Waals surface area contributed by atoms with Crippen molar-refractivity contribution in [2.75, 3.05) is 13.7 Å². The Morgan fingerprint density at radius 1 is 0.857 bits per heavy atom. The van der Waals surface area contributed by atoms with Crippen LogP contribution in [0, 0.1) is 0 Å². The average molecular weight is 471 g/mol. The normalized spacial score (nSPS) is 11.5. The van der Waals surface area contributed by atoms with E-state index >= 15 is 0 Å². The molecule has 0 unspecified atom stereocenters. The number of hydrogen-bond donors (Lipinski definition) is 0. The van der Waals surface area contributed by atoms with E-state index in [9.17, 15) is 4.79 Å². The lowest BCUT2D eigenvalue weighted by atomic mass is 9.86. The van der Waals surface area contributed by atoms with Gasteiger partial charge in [-0.1, -0.05) is 51.1 Å². The molecule has 182 valence electrons. The lowest BCUT2D eigenvalue weighted by molar-refractivity contribution is 0.296. The molecule has 0 spiro atoms. The van der Waals surface area contributed by atoms with Gasteiger partial charge in [0.2, 0.25) is 0 Å². The molecule has 4 aromatic rings. The van der Waals surface area contributed by atoms with Gasteiger partial charge in [0, 0.05) is 12.1 Å². The number of hydrogen-bond acceptors (Lipinski definition) is 4. The van der Waals surface area contributed by atoms with Gasteiger partial charge in [-0.3, -0.25) is 9.36 Å². The van der Waals surface area contributed by atoms with Crippen LogP contribution >= 0.6 is 0 Å². The number of unbranched alkanes of at least 4 members (excludes halogenated alkanes) is 2. The van der Waals surface area contributed by atoms with E-state index < -0.39 is 0 Å². The van der Waals surface area contributed by atoms with Gasteiger partial charge in [-0.25, -0.2) is 4.98 Å². The summed E-state index contributed by atoms with van der Waals surface area (Å²) in [6, 6.07) is 23.5. The molecule has 0 aliphatic heterocycles. The van der Waals surface area contributed by atoms with Crippen LogP contribution in [0.15, 0.2) is 77.6 Å². The highest BCUT2D eigenvalue weighted by molar-refractivity contribution is 5.79. The third kappa shape index (κ3) is 5.73. The van der Waals surface area contributed by atoms with Crippen molar-refractivity contribution in [2.24, 2.45) is 0 Å². The van der Waals surface area contributed by atoms with E-state index in [0.717, 1.165) is 36.3 Å². The van der Waals surface area contributed by atoms with Crippen molar-refractivity contribution in [1.29, 1.82) is 0 Å². The summed E-state index contributed by atoms with van der Waals surface area (Å²) in [5.74, 6) is 2.42. The van der Waals surface area contributed by atoms with Gasteiger partial charge < -0.3 is 9.47 Å². The van der Waals surface area contributed by atoms with Gasteiger partial charge in [-0.05, 0) is 72.7 Å². The van der Waals surface area contributed by atoms with Crippen LogP contribution in [0.1, 0.15) is 45.6 Å². The maximum absolute atomic E-state index is 13.4. The Morgan fingerprint density at radius 3 is 2.31 bits per heavy atom. The fraction of sp³-hybridized carbons (Fsp3) is 0.333. The molecule has 0 aliphatic rings. The summed E-state index contributed by atoms with van der Waals surface area (Å²) in [5.41, 5.74) is 2.87. The number of aromatic nitrogens is 2. The standard InChI is InChI=1S/C30H34N2O3/c1-30(2,3)25-13-7-9-15-27(25)35-21-11-5-10-20-32-28(22-16-18-23(34-4)19-17-22)31-26-14-8-6-12-24(26)29(32)33/h6-9,12-19H,5,10-11,20-21H2,1-4H3. The molecular formula is C30H34N2O3. The highest BCUT2D eigenvalue weighted by Crippen LogP contribution is 2.31. The van der Waals surface area contributed by atoms with Crippen molar-refractivity contribution in [3.8, 4) is 22.9 Å². The fourth-order valence-corrected chi connectivity index (χ4v) is 4.28. The first-order chi connectivity index (χ1) is 16.9. The Kier molecular flexibility index (Phi) is 7.54. The summed E-state index contributed by atoms with van der Waals surface area (Å²) < 4.78 is 13.2. The quantitative estimate of drug-likeness (QED) is 0.258. The van der Waals surface area contributed by atoms with Gasteiger partial charge in [0.25, 0.3) is 5.56 Å². The van der Waals surface area contributed by atoms with Crippen molar-refractivity contribution in [2.45, 2.75) is 52.0 Å². The van der Waals surface area contributed by atoms with Gasteiger partial charge in [-0.2, -0.15) is 0 Å². The zero-order chi connectivity index (χ0) is 24.8. The Balaban J connectivity index is 1.45. The minimum Gasteiger partial charge on any atom is -0.497 e. The van der Waals surface area contributed by atoms with Crippen LogP contribution in [0.25, 0.3) is 22.3 Å². The second-order valence-electron chi connectivity index (χ2n) is 9.79. The Bertz CT molecular complexity index is 1330. The molecule has 3 aromatic carbocycles. The molecule has 5 heteroatoms. The molecular weight excluding hydrogens is 436 g/mol. The molecule has 35 heavy (non-hydrogen) atoms. The smallest absolute Gasteiger partial charge is 0.261 e. The topological polar surface area (TPSA) is 53.3 Å². The van der Waals surface area contributed by atoms with Crippen molar-refractivity contribution in [3.63, 3.8) is 0 Å². The van der Waals surface area contributed by atoms with Crippen LogP contribution in [-0.2, 0) is 12.0 Å². The van der Waals surface area contributed by atoms with Crippen molar-refractivity contribution < 1.29 is 9.47 Å². The predicted molar refractivity (Wildman–Crippen MR) is 142 cm³/mol. The minimum absolute atomic E-state index is 0.00299. The van der Waals surface area contributed by atoms with Crippen LogP contribution in [0.2, 0.25) is 0 Å². The van der Waals surface area contributed by atoms with Gasteiger partial charge in [0.05, 0.1) is 24.6 Å². The Hall–Kier alpha value is -3.60. The van der Waals surface area contributed by atoms with Gasteiger partial charge >= 0.3 is 0 Å². The molecule has 0 radical (unpaired) electrons. The van der Waals surface area contributed by atoms with Crippen molar-refractivity contribution in [3.05, 3.63) is 88.7 Å². The number of rotatable bonds is 9. The summed E-state index contributed by atoms with van der Waals surface area (Å²) in [6.45, 7) is 7.86. The highest BCUT2D eigenvalue weighted by atomic mass is 16.5. The molecule has 0 atom stereocenters. The van der Waals surface area contributed by atoms with Crippen LogP contribution in [-0.4, -0.2) is 23.3 Å². The monoisotopic (exact) mass is 470 g/mol. The number of nitrogens with zero attached hydrogens (tertiary/aromatic N) is 2. The summed E-state index contributed by atoms with van der Waals surface area (Å²) in [4.78, 5) is 18.2. The zero-order valence-electron chi connectivity index (χ0n) is 21.1. The summed E-state index contributed by atoms with van der Waals surface area (Å²) >= 11 is 0. The zero-order valence-corrected chi connectivity index (χ0v) is 21.1. The van der Waals surface area contributed by atoms with Crippen LogP contribution in [0.4, 0.5) is 0 Å².